The standard InChI is InChI=1S/2C5H4N.2C4H9.2ClH.Ni/c2*1-2-4-6-5-3-1;2*1-4(2)3;;;/h2*1-4H;2*1-3H3;2*1H;. The van der Waals surface area contributed by atoms with Gasteiger partial charge in [-0.15, -0.1) is 24.8 Å². The third kappa shape index (κ3) is 3.90. The van der Waals surface area contributed by atoms with Gasteiger partial charge in [-0.05, 0) is 0 Å². The number of pyridine rings is 2. The predicted molar refractivity (Wildman–Crippen MR) is 102 cm³/mol. The molecule has 0 aliphatic rings. The van der Waals surface area contributed by atoms with Gasteiger partial charge in [0.2, 0.25) is 0 Å². The van der Waals surface area contributed by atoms with Crippen LogP contribution in [0.15, 0.2) is 48.8 Å². The zero-order chi connectivity index (χ0) is 15.7. The summed E-state index contributed by atoms with van der Waals surface area (Å²) in [4.78, 5) is 9.52. The van der Waals surface area contributed by atoms with E-state index in [9.17, 15) is 0 Å². The SMILES string of the molecule is C[C](C)(C)[Ni]([c]1ccccn1)([c]1ccccn1)[C](C)(C)C.Cl.Cl. The molecule has 0 aromatic carbocycles. The molecule has 0 radical (unpaired) electrons. The third-order valence-corrected chi connectivity index (χ3v) is 9.68. The molecule has 2 aromatic rings. The van der Waals surface area contributed by atoms with E-state index in [1.54, 1.807) is 0 Å². The van der Waals surface area contributed by atoms with Crippen LogP contribution in [0.1, 0.15) is 41.5 Å². The smallest absolute Gasteiger partial charge is 0.147 e. The number of halogens is 2. The topological polar surface area (TPSA) is 25.8 Å². The predicted octanol–water partition coefficient (Wildman–Crippen LogP) is 4.86. The molecule has 0 bridgehead atoms. The minimum atomic E-state index is -1.55. The van der Waals surface area contributed by atoms with Gasteiger partial charge in [-0.2, -0.15) is 0 Å². The average Bonchev–Trinajstić information content (AvgIpc) is 2.38. The van der Waals surface area contributed by atoms with Crippen LogP contribution >= 0.6 is 24.8 Å². The van der Waals surface area contributed by atoms with E-state index in [2.05, 4.69) is 65.8 Å². The molecule has 134 valence electrons. The molecule has 0 aliphatic heterocycles. The summed E-state index contributed by atoms with van der Waals surface area (Å²) in [5.74, 6) is 0. The van der Waals surface area contributed by atoms with E-state index in [-0.39, 0.29) is 33.6 Å². The molecule has 2 nitrogen and oxygen atoms in total. The summed E-state index contributed by atoms with van der Waals surface area (Å²) in [7, 11) is 0. The summed E-state index contributed by atoms with van der Waals surface area (Å²) in [5, 5.41) is 0. The van der Waals surface area contributed by atoms with Crippen molar-refractivity contribution in [1.82, 2.24) is 9.97 Å². The molecular weight excluding hydrogens is 374 g/mol. The van der Waals surface area contributed by atoms with Gasteiger partial charge < -0.3 is 0 Å². The molecule has 2 heterocycles. The molecule has 23 heavy (non-hydrogen) atoms. The van der Waals surface area contributed by atoms with E-state index >= 15 is 0 Å². The van der Waals surface area contributed by atoms with Gasteiger partial charge >= 0.3 is 131 Å². The second-order valence-electron chi connectivity index (χ2n) is 6.66. The summed E-state index contributed by atoms with van der Waals surface area (Å²) < 4.78 is 2.51. The molecule has 0 fully saturated rings. The van der Waals surface area contributed by atoms with E-state index in [0.717, 1.165) is 0 Å². The summed E-state index contributed by atoms with van der Waals surface area (Å²) in [6.07, 6.45) is 3.81. The molecule has 0 saturated carbocycles. The Morgan fingerprint density at radius 1 is 0.652 bits per heavy atom. The minimum absolute atomic E-state index is 0. The first kappa shape index (κ1) is 22.4. The number of nitrogens with zero attached hydrogens (tertiary/aromatic N) is 2. The van der Waals surface area contributed by atoms with Crippen molar-refractivity contribution in [3.05, 3.63) is 48.8 Å². The fourth-order valence-corrected chi connectivity index (χ4v) is 9.44. The molecule has 0 amide bonds. The maximum Gasteiger partial charge on any atom is -0.147 e. The number of aromatic nitrogens is 2. The van der Waals surface area contributed by atoms with Crippen LogP contribution in [-0.4, -0.2) is 9.97 Å². The normalized spacial score (nSPS) is 12.8. The minimum Gasteiger partial charge on any atom is -0.147 e. The van der Waals surface area contributed by atoms with E-state index in [1.165, 1.54) is 9.33 Å². The molecule has 0 atom stereocenters. The molecule has 0 aliphatic carbocycles. The Bertz CT molecular complexity index is 534. The Labute approximate surface area is 155 Å². The third-order valence-electron chi connectivity index (χ3n) is 3.13. The summed E-state index contributed by atoms with van der Waals surface area (Å²) in [5.41, 5.74) is 0. The molecule has 0 N–H and O–H groups in total. The van der Waals surface area contributed by atoms with Gasteiger partial charge in [-0.3, -0.25) is 0 Å². The molecule has 0 saturated heterocycles. The summed E-state index contributed by atoms with van der Waals surface area (Å²) >= 11 is -1.55. The first-order chi connectivity index (χ1) is 9.71. The molecule has 5 heteroatoms. The second kappa shape index (κ2) is 7.97. The maximum absolute atomic E-state index is 4.76. The van der Waals surface area contributed by atoms with Crippen LogP contribution in [0.2, 0.25) is 8.77 Å². The van der Waals surface area contributed by atoms with Gasteiger partial charge in [-0.25, -0.2) is 0 Å². The fourth-order valence-electron chi connectivity index (χ4n) is 2.71. The Morgan fingerprint density at radius 2 is 1.00 bits per heavy atom. The van der Waals surface area contributed by atoms with E-state index in [1.807, 2.05) is 24.5 Å². The quantitative estimate of drug-likeness (QED) is 0.671. The van der Waals surface area contributed by atoms with Crippen molar-refractivity contribution in [3.8, 4) is 0 Å². The van der Waals surface area contributed by atoms with Crippen molar-refractivity contribution >= 4 is 34.1 Å². The van der Waals surface area contributed by atoms with Crippen molar-refractivity contribution in [2.45, 2.75) is 50.3 Å². The van der Waals surface area contributed by atoms with Gasteiger partial charge in [0.1, 0.15) is 0 Å². The van der Waals surface area contributed by atoms with Crippen LogP contribution in [0.25, 0.3) is 0 Å². The van der Waals surface area contributed by atoms with Crippen LogP contribution in [0.5, 0.6) is 0 Å². The van der Waals surface area contributed by atoms with Crippen LogP contribution in [0.4, 0.5) is 0 Å². The molecular formula is C18H28Cl2N2Ni. The first-order valence-electron chi connectivity index (χ1n) is 7.17. The van der Waals surface area contributed by atoms with Crippen molar-refractivity contribution in [2.24, 2.45) is 0 Å². The fraction of sp³-hybridized carbons (Fsp3) is 0.444. The Kier molecular flexibility index (Phi) is 7.75. The number of hydrogen-bond acceptors (Lipinski definition) is 2. The monoisotopic (exact) mass is 400 g/mol. The Morgan fingerprint density at radius 3 is 1.22 bits per heavy atom. The van der Waals surface area contributed by atoms with E-state index < -0.39 is 12.4 Å². The zero-order valence-corrected chi connectivity index (χ0v) is 17.3. The number of hydrogen-bond donors (Lipinski definition) is 0. The van der Waals surface area contributed by atoms with E-state index in [4.69, 9.17) is 9.97 Å². The Hall–Kier alpha value is -0.626. The zero-order valence-electron chi connectivity index (χ0n) is 14.6. The number of rotatable bonds is 2. The molecule has 0 spiro atoms. The van der Waals surface area contributed by atoms with Crippen molar-refractivity contribution in [3.63, 3.8) is 0 Å². The second-order valence-corrected chi connectivity index (χ2v) is 12.1. The van der Waals surface area contributed by atoms with Gasteiger partial charge in [0.05, 0.1) is 0 Å². The van der Waals surface area contributed by atoms with Crippen LogP contribution in [-0.2, 0) is 12.4 Å². The van der Waals surface area contributed by atoms with E-state index in [0.29, 0.717) is 0 Å². The first-order valence-corrected chi connectivity index (χ1v) is 9.15. The van der Waals surface area contributed by atoms with Crippen LogP contribution in [0, 0.1) is 0 Å². The maximum atomic E-state index is 4.76. The summed E-state index contributed by atoms with van der Waals surface area (Å²) in [6, 6.07) is 12.5. The van der Waals surface area contributed by atoms with Crippen molar-refractivity contribution in [2.75, 3.05) is 0 Å². The van der Waals surface area contributed by atoms with Crippen LogP contribution < -0.4 is 9.33 Å². The van der Waals surface area contributed by atoms with Gasteiger partial charge in [0, 0.05) is 0 Å². The van der Waals surface area contributed by atoms with Crippen molar-refractivity contribution in [1.29, 1.82) is 0 Å². The Balaban J connectivity index is 0.00000242. The van der Waals surface area contributed by atoms with Gasteiger partial charge in [0.25, 0.3) is 0 Å². The average molecular weight is 402 g/mol. The van der Waals surface area contributed by atoms with Gasteiger partial charge in [0.15, 0.2) is 0 Å². The molecule has 0 unspecified atom stereocenters. The largest absolute Gasteiger partial charge is 0.147 e. The molecule has 2 rings (SSSR count). The van der Waals surface area contributed by atoms with Gasteiger partial charge in [-0.1, -0.05) is 0 Å². The summed E-state index contributed by atoms with van der Waals surface area (Å²) in [6.45, 7) is 13.9. The van der Waals surface area contributed by atoms with Crippen molar-refractivity contribution < 1.29 is 12.4 Å². The molecule has 2 aromatic heterocycles. The van der Waals surface area contributed by atoms with Crippen LogP contribution in [0.3, 0.4) is 0 Å².